The summed E-state index contributed by atoms with van der Waals surface area (Å²) in [6.07, 6.45) is 32.1. The topological polar surface area (TPSA) is 72.8 Å². The maximum absolute atomic E-state index is 12.0. The molecule has 0 radical (unpaired) electrons. The first-order valence-corrected chi connectivity index (χ1v) is 15.0. The summed E-state index contributed by atoms with van der Waals surface area (Å²) in [4.78, 5) is 23.9. The molecule has 0 fully saturated rings. The molecule has 0 spiro atoms. The number of aliphatic hydroxyl groups is 1. The molecule has 214 valence electrons. The number of unbranched alkanes of at least 4 members (excludes halogenated alkanes) is 12. The van der Waals surface area contributed by atoms with Crippen LogP contribution in [-0.4, -0.2) is 36.4 Å². The zero-order chi connectivity index (χ0) is 27.2. The Kier molecular flexibility index (Phi) is 27.2. The highest BCUT2D eigenvalue weighted by atomic mass is 16.6. The Morgan fingerprint density at radius 1 is 0.649 bits per heavy atom. The Bertz CT molecular complexity index is 608. The summed E-state index contributed by atoms with van der Waals surface area (Å²) < 4.78 is 10.4. The van der Waals surface area contributed by atoms with E-state index in [0.717, 1.165) is 64.2 Å². The standard InChI is InChI=1S/C32H56O5/c1-3-5-7-9-11-12-13-14-15-16-17-18-19-20-21-23-25-27-32(35)37-30(28-33)29-36-31(34)26-24-22-10-8-6-4-2/h5,7,11-12,14-15,30,33H,3-4,6,8-10,13,16-29H2,1-2H3/b7-5-,12-11-,15-14-. The first kappa shape index (κ1) is 35.1. The van der Waals surface area contributed by atoms with E-state index in [1.807, 2.05) is 0 Å². The molecule has 0 aromatic carbocycles. The molecule has 0 bridgehead atoms. The van der Waals surface area contributed by atoms with E-state index in [0.29, 0.717) is 12.8 Å². The molecule has 5 heteroatoms. The molecule has 0 aliphatic rings. The van der Waals surface area contributed by atoms with Crippen LogP contribution >= 0.6 is 0 Å². The van der Waals surface area contributed by atoms with Crippen LogP contribution in [0.4, 0.5) is 0 Å². The number of ether oxygens (including phenoxy) is 2. The van der Waals surface area contributed by atoms with Gasteiger partial charge in [-0.3, -0.25) is 9.59 Å². The van der Waals surface area contributed by atoms with Crippen molar-refractivity contribution in [1.29, 1.82) is 0 Å². The van der Waals surface area contributed by atoms with Crippen molar-refractivity contribution in [3.63, 3.8) is 0 Å². The van der Waals surface area contributed by atoms with Crippen molar-refractivity contribution < 1.29 is 24.2 Å². The largest absolute Gasteiger partial charge is 0.462 e. The normalized spacial score (nSPS) is 12.6. The molecule has 0 rings (SSSR count). The number of aliphatic hydroxyl groups excluding tert-OH is 1. The number of rotatable bonds is 26. The van der Waals surface area contributed by atoms with Crippen molar-refractivity contribution in [3.05, 3.63) is 36.5 Å². The summed E-state index contributed by atoms with van der Waals surface area (Å²) in [5.41, 5.74) is 0. The van der Waals surface area contributed by atoms with Crippen molar-refractivity contribution in [2.24, 2.45) is 0 Å². The Morgan fingerprint density at radius 2 is 1.16 bits per heavy atom. The highest BCUT2D eigenvalue weighted by Gasteiger charge is 2.16. The molecule has 0 aromatic rings. The molecule has 1 atom stereocenters. The molecular weight excluding hydrogens is 464 g/mol. The molecule has 0 aromatic heterocycles. The predicted octanol–water partition coefficient (Wildman–Crippen LogP) is 8.55. The molecule has 0 saturated carbocycles. The molecule has 5 nitrogen and oxygen atoms in total. The minimum absolute atomic E-state index is 0.0700. The summed E-state index contributed by atoms with van der Waals surface area (Å²) in [5.74, 6) is -0.616. The third-order valence-corrected chi connectivity index (χ3v) is 6.20. The number of esters is 2. The number of carbonyl (C=O) groups is 2. The summed E-state index contributed by atoms with van der Waals surface area (Å²) >= 11 is 0. The van der Waals surface area contributed by atoms with E-state index in [9.17, 15) is 14.7 Å². The van der Waals surface area contributed by atoms with Crippen LogP contribution in [0.1, 0.15) is 136 Å². The van der Waals surface area contributed by atoms with Crippen LogP contribution in [0.3, 0.4) is 0 Å². The summed E-state index contributed by atoms with van der Waals surface area (Å²) in [6, 6.07) is 0. The smallest absolute Gasteiger partial charge is 0.306 e. The molecule has 37 heavy (non-hydrogen) atoms. The fourth-order valence-electron chi connectivity index (χ4n) is 3.92. The lowest BCUT2D eigenvalue weighted by molar-refractivity contribution is -0.161. The van der Waals surface area contributed by atoms with E-state index in [1.54, 1.807) is 0 Å². The molecule has 0 aliphatic carbocycles. The zero-order valence-electron chi connectivity index (χ0n) is 24.0. The third kappa shape index (κ3) is 27.0. The van der Waals surface area contributed by atoms with E-state index in [2.05, 4.69) is 50.3 Å². The van der Waals surface area contributed by atoms with Crippen LogP contribution < -0.4 is 0 Å². The van der Waals surface area contributed by atoms with Crippen LogP contribution in [0, 0.1) is 0 Å². The third-order valence-electron chi connectivity index (χ3n) is 6.20. The van der Waals surface area contributed by atoms with Gasteiger partial charge in [-0.15, -0.1) is 0 Å². The monoisotopic (exact) mass is 520 g/mol. The second-order valence-electron chi connectivity index (χ2n) is 9.80. The van der Waals surface area contributed by atoms with E-state index >= 15 is 0 Å². The van der Waals surface area contributed by atoms with Gasteiger partial charge in [0.2, 0.25) is 0 Å². The van der Waals surface area contributed by atoms with Crippen LogP contribution in [-0.2, 0) is 19.1 Å². The lowest BCUT2D eigenvalue weighted by atomic mass is 10.1. The second-order valence-corrected chi connectivity index (χ2v) is 9.80. The first-order valence-electron chi connectivity index (χ1n) is 15.0. The van der Waals surface area contributed by atoms with Gasteiger partial charge in [0.05, 0.1) is 6.61 Å². The van der Waals surface area contributed by atoms with Crippen molar-refractivity contribution in [2.75, 3.05) is 13.2 Å². The van der Waals surface area contributed by atoms with Gasteiger partial charge in [-0.05, 0) is 44.9 Å². The van der Waals surface area contributed by atoms with Gasteiger partial charge in [-0.25, -0.2) is 0 Å². The van der Waals surface area contributed by atoms with Crippen LogP contribution in [0.2, 0.25) is 0 Å². The van der Waals surface area contributed by atoms with Gasteiger partial charge >= 0.3 is 11.9 Å². The van der Waals surface area contributed by atoms with Crippen LogP contribution in [0.5, 0.6) is 0 Å². The van der Waals surface area contributed by atoms with E-state index in [4.69, 9.17) is 9.47 Å². The summed E-state index contributed by atoms with van der Waals surface area (Å²) in [5, 5.41) is 9.43. The van der Waals surface area contributed by atoms with Crippen LogP contribution in [0.25, 0.3) is 0 Å². The van der Waals surface area contributed by atoms with Crippen molar-refractivity contribution in [3.8, 4) is 0 Å². The second kappa shape index (κ2) is 28.7. The fraction of sp³-hybridized carbons (Fsp3) is 0.750. The van der Waals surface area contributed by atoms with Crippen molar-refractivity contribution >= 4 is 11.9 Å². The lowest BCUT2D eigenvalue weighted by Crippen LogP contribution is -2.28. The molecule has 1 N–H and O–H groups in total. The number of hydrogen-bond acceptors (Lipinski definition) is 5. The van der Waals surface area contributed by atoms with Gasteiger partial charge in [0.25, 0.3) is 0 Å². The maximum Gasteiger partial charge on any atom is 0.306 e. The Hall–Kier alpha value is -1.88. The van der Waals surface area contributed by atoms with E-state index < -0.39 is 6.10 Å². The molecule has 1 unspecified atom stereocenters. The summed E-state index contributed by atoms with van der Waals surface area (Å²) in [6.45, 7) is 3.93. The molecular formula is C32H56O5. The van der Waals surface area contributed by atoms with Crippen molar-refractivity contribution in [1.82, 2.24) is 0 Å². The molecule has 0 amide bonds. The Labute approximate surface area is 227 Å². The number of allylic oxidation sites excluding steroid dienone is 6. The highest BCUT2D eigenvalue weighted by molar-refractivity contribution is 5.70. The Balaban J connectivity index is 3.60. The van der Waals surface area contributed by atoms with Gasteiger partial charge in [0.1, 0.15) is 6.61 Å². The van der Waals surface area contributed by atoms with Gasteiger partial charge in [0.15, 0.2) is 6.10 Å². The average Bonchev–Trinajstić information content (AvgIpc) is 2.90. The fourth-order valence-corrected chi connectivity index (χ4v) is 3.92. The highest BCUT2D eigenvalue weighted by Crippen LogP contribution is 2.11. The molecule has 0 aliphatic heterocycles. The number of carbonyl (C=O) groups excluding carboxylic acids is 2. The summed E-state index contributed by atoms with van der Waals surface area (Å²) in [7, 11) is 0. The first-order chi connectivity index (χ1) is 18.1. The molecule has 0 heterocycles. The van der Waals surface area contributed by atoms with Gasteiger partial charge in [0, 0.05) is 12.8 Å². The van der Waals surface area contributed by atoms with Gasteiger partial charge in [-0.1, -0.05) is 115 Å². The Morgan fingerprint density at radius 3 is 1.76 bits per heavy atom. The van der Waals surface area contributed by atoms with E-state index in [1.165, 1.54) is 44.9 Å². The van der Waals surface area contributed by atoms with Crippen LogP contribution in [0.15, 0.2) is 36.5 Å². The van der Waals surface area contributed by atoms with Gasteiger partial charge < -0.3 is 14.6 Å². The van der Waals surface area contributed by atoms with Gasteiger partial charge in [-0.2, -0.15) is 0 Å². The minimum Gasteiger partial charge on any atom is -0.462 e. The van der Waals surface area contributed by atoms with Crippen molar-refractivity contribution in [2.45, 2.75) is 142 Å². The predicted molar refractivity (Wildman–Crippen MR) is 154 cm³/mol. The minimum atomic E-state index is -0.769. The van der Waals surface area contributed by atoms with E-state index in [-0.39, 0.29) is 25.2 Å². The lowest BCUT2D eigenvalue weighted by Gasteiger charge is -2.15. The maximum atomic E-state index is 12.0. The molecule has 0 saturated heterocycles. The number of hydrogen-bond donors (Lipinski definition) is 1. The SMILES string of the molecule is CC/C=C\C/C=C\C/C=C\CCCCCCCCCC(=O)OC(CO)COC(=O)CCCCCCCC. The zero-order valence-corrected chi connectivity index (χ0v) is 24.0. The quantitative estimate of drug-likeness (QED) is 0.0702. The average molecular weight is 521 g/mol.